The first-order valence-corrected chi connectivity index (χ1v) is 8.04. The standard InChI is InChI=1S/C17H21FN4O2/c1-12-9-13(3-4-15(12)18)10-21-7-5-14(6-8-21)22-11-16(19-20-22)17(23)24-2/h3-4,9,11,14H,5-8,10H2,1-2H3. The Kier molecular flexibility index (Phi) is 4.89. The van der Waals surface area contributed by atoms with Crippen molar-refractivity contribution in [3.8, 4) is 0 Å². The summed E-state index contributed by atoms with van der Waals surface area (Å²) in [6.45, 7) is 4.45. The van der Waals surface area contributed by atoms with Crippen LogP contribution in [0, 0.1) is 12.7 Å². The maximum Gasteiger partial charge on any atom is 0.360 e. The van der Waals surface area contributed by atoms with Gasteiger partial charge in [0.2, 0.25) is 0 Å². The second-order valence-electron chi connectivity index (χ2n) is 6.17. The summed E-state index contributed by atoms with van der Waals surface area (Å²) in [5.41, 5.74) is 2.04. The second kappa shape index (κ2) is 7.09. The lowest BCUT2D eigenvalue weighted by molar-refractivity contribution is 0.0594. The molecule has 1 aromatic heterocycles. The summed E-state index contributed by atoms with van der Waals surface area (Å²) >= 11 is 0. The number of carbonyl (C=O) groups excluding carboxylic acids is 1. The lowest BCUT2D eigenvalue weighted by Gasteiger charge is -2.31. The van der Waals surface area contributed by atoms with Crippen LogP contribution in [-0.2, 0) is 11.3 Å². The van der Waals surface area contributed by atoms with Gasteiger partial charge in [-0.25, -0.2) is 13.9 Å². The molecule has 0 saturated carbocycles. The number of aryl methyl sites for hydroxylation is 1. The van der Waals surface area contributed by atoms with Crippen LogP contribution in [-0.4, -0.2) is 46.1 Å². The normalized spacial score (nSPS) is 16.3. The molecule has 3 rings (SSSR count). The van der Waals surface area contributed by atoms with Gasteiger partial charge in [-0.3, -0.25) is 4.90 Å². The van der Waals surface area contributed by atoms with E-state index in [0.29, 0.717) is 5.56 Å². The van der Waals surface area contributed by atoms with Gasteiger partial charge in [0.05, 0.1) is 19.3 Å². The van der Waals surface area contributed by atoms with E-state index in [0.717, 1.165) is 38.0 Å². The SMILES string of the molecule is COC(=O)c1cn(C2CCN(Cc3ccc(F)c(C)c3)CC2)nn1. The summed E-state index contributed by atoms with van der Waals surface area (Å²) in [7, 11) is 1.33. The van der Waals surface area contributed by atoms with Crippen molar-refractivity contribution in [2.45, 2.75) is 32.4 Å². The molecular formula is C17H21FN4O2. The number of carbonyl (C=O) groups is 1. The van der Waals surface area contributed by atoms with E-state index in [1.165, 1.54) is 13.2 Å². The van der Waals surface area contributed by atoms with Crippen molar-refractivity contribution in [1.29, 1.82) is 0 Å². The van der Waals surface area contributed by atoms with Gasteiger partial charge in [-0.1, -0.05) is 17.3 Å². The molecule has 1 fully saturated rings. The van der Waals surface area contributed by atoms with Gasteiger partial charge in [-0.15, -0.1) is 5.10 Å². The number of methoxy groups -OCH3 is 1. The summed E-state index contributed by atoms with van der Waals surface area (Å²) < 4.78 is 19.7. The molecule has 1 saturated heterocycles. The molecule has 1 aliphatic rings. The largest absolute Gasteiger partial charge is 0.464 e. The molecule has 0 aliphatic carbocycles. The summed E-state index contributed by atoms with van der Waals surface area (Å²) in [5, 5.41) is 7.90. The minimum absolute atomic E-state index is 0.162. The fourth-order valence-electron chi connectivity index (χ4n) is 3.06. The van der Waals surface area contributed by atoms with Crippen molar-refractivity contribution in [3.05, 3.63) is 47.0 Å². The lowest BCUT2D eigenvalue weighted by atomic mass is 10.0. The van der Waals surface area contributed by atoms with E-state index in [1.54, 1.807) is 17.8 Å². The van der Waals surface area contributed by atoms with Crippen molar-refractivity contribution >= 4 is 5.97 Å². The number of hydrogen-bond acceptors (Lipinski definition) is 5. The monoisotopic (exact) mass is 332 g/mol. The number of aromatic nitrogens is 3. The minimum atomic E-state index is -0.467. The molecule has 6 nitrogen and oxygen atoms in total. The maximum absolute atomic E-state index is 13.3. The van der Waals surface area contributed by atoms with E-state index in [2.05, 4.69) is 19.9 Å². The number of ether oxygens (including phenoxy) is 1. The highest BCUT2D eigenvalue weighted by Crippen LogP contribution is 2.23. The van der Waals surface area contributed by atoms with E-state index >= 15 is 0 Å². The third kappa shape index (κ3) is 3.62. The molecule has 0 bridgehead atoms. The highest BCUT2D eigenvalue weighted by molar-refractivity contribution is 5.86. The van der Waals surface area contributed by atoms with Crippen LogP contribution < -0.4 is 0 Å². The van der Waals surface area contributed by atoms with Crippen LogP contribution in [0.5, 0.6) is 0 Å². The van der Waals surface area contributed by atoms with E-state index < -0.39 is 5.97 Å². The Hall–Kier alpha value is -2.28. The first-order valence-electron chi connectivity index (χ1n) is 8.04. The molecule has 0 atom stereocenters. The van der Waals surface area contributed by atoms with Crippen molar-refractivity contribution in [1.82, 2.24) is 19.9 Å². The first kappa shape index (κ1) is 16.6. The smallest absolute Gasteiger partial charge is 0.360 e. The molecule has 1 aliphatic heterocycles. The molecule has 128 valence electrons. The van der Waals surface area contributed by atoms with E-state index in [9.17, 15) is 9.18 Å². The molecule has 2 aromatic rings. The average molecular weight is 332 g/mol. The van der Waals surface area contributed by atoms with Gasteiger partial charge >= 0.3 is 5.97 Å². The average Bonchev–Trinajstić information content (AvgIpc) is 3.08. The number of likely N-dealkylation sites (tertiary alicyclic amines) is 1. The highest BCUT2D eigenvalue weighted by atomic mass is 19.1. The molecule has 0 radical (unpaired) electrons. The molecule has 0 unspecified atom stereocenters. The lowest BCUT2D eigenvalue weighted by Crippen LogP contribution is -2.34. The predicted molar refractivity (Wildman–Crippen MR) is 86.0 cm³/mol. The Labute approximate surface area is 140 Å². The number of benzene rings is 1. The van der Waals surface area contributed by atoms with Gasteiger partial charge in [0.1, 0.15) is 5.82 Å². The zero-order valence-electron chi connectivity index (χ0n) is 13.9. The minimum Gasteiger partial charge on any atom is -0.464 e. The first-order chi connectivity index (χ1) is 11.6. The topological polar surface area (TPSA) is 60.2 Å². The highest BCUT2D eigenvalue weighted by Gasteiger charge is 2.23. The number of halogens is 1. The quantitative estimate of drug-likeness (QED) is 0.805. The zero-order valence-corrected chi connectivity index (χ0v) is 13.9. The van der Waals surface area contributed by atoms with Crippen molar-refractivity contribution in [2.24, 2.45) is 0 Å². The summed E-state index contributed by atoms with van der Waals surface area (Å²) in [6, 6.07) is 5.51. The van der Waals surface area contributed by atoms with Crippen molar-refractivity contribution in [2.75, 3.05) is 20.2 Å². The maximum atomic E-state index is 13.3. The predicted octanol–water partition coefficient (Wildman–Crippen LogP) is 2.35. The van der Waals surface area contributed by atoms with Crippen LogP contribution >= 0.6 is 0 Å². The third-order valence-corrected chi connectivity index (χ3v) is 4.46. The molecule has 0 amide bonds. The van der Waals surface area contributed by atoms with Crippen LogP contribution in [0.25, 0.3) is 0 Å². The Morgan fingerprint density at radius 2 is 2.12 bits per heavy atom. The number of hydrogen-bond donors (Lipinski definition) is 0. The second-order valence-corrected chi connectivity index (χ2v) is 6.17. The zero-order chi connectivity index (χ0) is 17.1. The van der Waals surface area contributed by atoms with Crippen LogP contribution in [0.15, 0.2) is 24.4 Å². The Morgan fingerprint density at radius 1 is 1.38 bits per heavy atom. The fourth-order valence-corrected chi connectivity index (χ4v) is 3.06. The molecule has 0 spiro atoms. The van der Waals surface area contributed by atoms with Crippen LogP contribution in [0.4, 0.5) is 4.39 Å². The summed E-state index contributed by atoms with van der Waals surface area (Å²) in [5.74, 6) is -0.629. The van der Waals surface area contributed by atoms with Gasteiger partial charge in [0.25, 0.3) is 0 Å². The Morgan fingerprint density at radius 3 is 2.79 bits per heavy atom. The summed E-state index contributed by atoms with van der Waals surface area (Å²) in [4.78, 5) is 13.8. The Balaban J connectivity index is 1.56. The van der Waals surface area contributed by atoms with E-state index in [1.807, 2.05) is 12.1 Å². The number of esters is 1. The van der Waals surface area contributed by atoms with Crippen LogP contribution in [0.3, 0.4) is 0 Å². The van der Waals surface area contributed by atoms with Gasteiger partial charge in [-0.05, 0) is 37.0 Å². The van der Waals surface area contributed by atoms with Crippen LogP contribution in [0.1, 0.15) is 40.5 Å². The molecule has 7 heteroatoms. The molecule has 24 heavy (non-hydrogen) atoms. The van der Waals surface area contributed by atoms with Gasteiger partial charge in [-0.2, -0.15) is 0 Å². The van der Waals surface area contributed by atoms with Gasteiger partial charge < -0.3 is 4.74 Å². The Bertz CT molecular complexity index is 723. The molecular weight excluding hydrogens is 311 g/mol. The fraction of sp³-hybridized carbons (Fsp3) is 0.471. The molecule has 1 aromatic carbocycles. The van der Waals surface area contributed by atoms with Gasteiger partial charge in [0, 0.05) is 19.6 Å². The summed E-state index contributed by atoms with van der Waals surface area (Å²) in [6.07, 6.45) is 3.52. The molecule has 0 N–H and O–H groups in total. The van der Waals surface area contributed by atoms with E-state index in [4.69, 9.17) is 0 Å². The van der Waals surface area contributed by atoms with E-state index in [-0.39, 0.29) is 17.6 Å². The van der Waals surface area contributed by atoms with Crippen molar-refractivity contribution < 1.29 is 13.9 Å². The number of piperidine rings is 1. The third-order valence-electron chi connectivity index (χ3n) is 4.46. The van der Waals surface area contributed by atoms with Crippen LogP contribution in [0.2, 0.25) is 0 Å². The molecule has 2 heterocycles. The van der Waals surface area contributed by atoms with Crippen molar-refractivity contribution in [3.63, 3.8) is 0 Å². The number of rotatable bonds is 4. The number of nitrogens with zero attached hydrogens (tertiary/aromatic N) is 4. The van der Waals surface area contributed by atoms with Gasteiger partial charge in [0.15, 0.2) is 5.69 Å².